The number of nitrogens with zero attached hydrogens (tertiary/aromatic N) is 2. The number of amides is 1. The van der Waals surface area contributed by atoms with Gasteiger partial charge in [0.25, 0.3) is 11.8 Å². The Morgan fingerprint density at radius 2 is 2.32 bits per heavy atom. The third kappa shape index (κ3) is 4.68. The first kappa shape index (κ1) is 17.2. The van der Waals surface area contributed by atoms with Gasteiger partial charge in [-0.2, -0.15) is 4.98 Å². The summed E-state index contributed by atoms with van der Waals surface area (Å²) in [5.74, 6) is 6.08. The van der Waals surface area contributed by atoms with Crippen molar-refractivity contribution in [2.24, 2.45) is 0 Å². The van der Waals surface area contributed by atoms with Gasteiger partial charge in [0.2, 0.25) is 0 Å². The van der Waals surface area contributed by atoms with E-state index in [1.165, 1.54) is 6.07 Å². The molecule has 0 aromatic carbocycles. The van der Waals surface area contributed by atoms with Crippen molar-refractivity contribution < 1.29 is 23.6 Å². The van der Waals surface area contributed by atoms with Gasteiger partial charge in [-0.05, 0) is 44.7 Å². The Kier molecular flexibility index (Phi) is 4.88. The van der Waals surface area contributed by atoms with Crippen LogP contribution in [0.2, 0.25) is 0 Å². The van der Waals surface area contributed by atoms with Gasteiger partial charge >= 0.3 is 0 Å². The largest absolute Gasteiger partial charge is 0.443 e. The second kappa shape index (κ2) is 7.09. The molecule has 1 atom stereocenters. The molecule has 0 bridgehead atoms. The molecule has 8 heteroatoms. The summed E-state index contributed by atoms with van der Waals surface area (Å²) < 4.78 is 16.0. The highest BCUT2D eigenvalue weighted by Crippen LogP contribution is 2.26. The molecule has 0 spiro atoms. The van der Waals surface area contributed by atoms with Crippen LogP contribution in [0.15, 0.2) is 21.1 Å². The zero-order valence-electron chi connectivity index (χ0n) is 14.0. The molecule has 132 valence electrons. The SMILES string of the molecule is CC(C)(O)C#Cc1ccc(C(=O)NCc2noc(C3CCCO3)n2)o1. The van der Waals surface area contributed by atoms with E-state index in [0.29, 0.717) is 24.1 Å². The maximum atomic E-state index is 12.1. The normalized spacial score (nSPS) is 17.2. The number of carbonyl (C=O) groups excluding carboxylic acids is 1. The summed E-state index contributed by atoms with van der Waals surface area (Å²) >= 11 is 0. The van der Waals surface area contributed by atoms with Crippen LogP contribution in [-0.4, -0.2) is 33.4 Å². The number of furan rings is 1. The maximum absolute atomic E-state index is 12.1. The standard InChI is InChI=1S/C17H19N3O5/c1-17(2,22)8-7-11-5-6-12(24-11)15(21)18-10-14-19-16(25-20-14)13-4-3-9-23-13/h5-6,13,22H,3-4,9-10H2,1-2H3,(H,18,21). The molecule has 3 rings (SSSR count). The highest BCUT2D eigenvalue weighted by molar-refractivity contribution is 5.91. The lowest BCUT2D eigenvalue weighted by molar-refractivity contribution is 0.0835. The molecule has 25 heavy (non-hydrogen) atoms. The Morgan fingerprint density at radius 1 is 1.48 bits per heavy atom. The summed E-state index contributed by atoms with van der Waals surface area (Å²) in [5.41, 5.74) is -1.13. The highest BCUT2D eigenvalue weighted by Gasteiger charge is 2.24. The van der Waals surface area contributed by atoms with Crippen molar-refractivity contribution in [3.05, 3.63) is 35.4 Å². The first-order chi connectivity index (χ1) is 11.9. The van der Waals surface area contributed by atoms with Crippen LogP contribution >= 0.6 is 0 Å². The van der Waals surface area contributed by atoms with Crippen molar-refractivity contribution in [1.29, 1.82) is 0 Å². The number of rotatable bonds is 4. The number of aromatic nitrogens is 2. The molecule has 1 fully saturated rings. The van der Waals surface area contributed by atoms with Crippen LogP contribution in [0.3, 0.4) is 0 Å². The van der Waals surface area contributed by atoms with Gasteiger partial charge in [0.1, 0.15) is 11.7 Å². The van der Waals surface area contributed by atoms with Crippen molar-refractivity contribution in [3.63, 3.8) is 0 Å². The highest BCUT2D eigenvalue weighted by atomic mass is 16.5. The van der Waals surface area contributed by atoms with E-state index in [-0.39, 0.29) is 18.4 Å². The molecular weight excluding hydrogens is 326 g/mol. The topological polar surface area (TPSA) is 111 Å². The van der Waals surface area contributed by atoms with Gasteiger partial charge in [-0.25, -0.2) is 0 Å². The Bertz CT molecular complexity index is 800. The van der Waals surface area contributed by atoms with Crippen molar-refractivity contribution in [3.8, 4) is 11.8 Å². The minimum absolute atomic E-state index is 0.112. The Hall–Kier alpha value is -2.63. The van der Waals surface area contributed by atoms with E-state index < -0.39 is 11.5 Å². The van der Waals surface area contributed by atoms with Crippen molar-refractivity contribution in [2.45, 2.75) is 44.9 Å². The first-order valence-electron chi connectivity index (χ1n) is 7.98. The van der Waals surface area contributed by atoms with Crippen molar-refractivity contribution in [1.82, 2.24) is 15.5 Å². The summed E-state index contributed by atoms with van der Waals surface area (Å²) in [6, 6.07) is 3.08. The molecular formula is C17H19N3O5. The third-order valence-electron chi connectivity index (χ3n) is 3.42. The fourth-order valence-corrected chi connectivity index (χ4v) is 2.23. The monoisotopic (exact) mass is 345 g/mol. The van der Waals surface area contributed by atoms with Gasteiger partial charge in [-0.1, -0.05) is 11.1 Å². The zero-order chi connectivity index (χ0) is 17.9. The average molecular weight is 345 g/mol. The molecule has 0 saturated carbocycles. The fraction of sp³-hybridized carbons (Fsp3) is 0.471. The Balaban J connectivity index is 1.56. The van der Waals surface area contributed by atoms with Gasteiger partial charge < -0.3 is 24.1 Å². The van der Waals surface area contributed by atoms with E-state index in [0.717, 1.165) is 12.8 Å². The van der Waals surface area contributed by atoms with E-state index in [4.69, 9.17) is 13.7 Å². The summed E-state index contributed by atoms with van der Waals surface area (Å²) in [5, 5.41) is 16.0. The lowest BCUT2D eigenvalue weighted by atomic mass is 10.1. The molecule has 1 aliphatic rings. The van der Waals surface area contributed by atoms with Crippen molar-refractivity contribution in [2.75, 3.05) is 6.61 Å². The van der Waals surface area contributed by atoms with Crippen molar-refractivity contribution >= 4 is 5.91 Å². The third-order valence-corrected chi connectivity index (χ3v) is 3.42. The van der Waals surface area contributed by atoms with Gasteiger partial charge in [-0.3, -0.25) is 4.79 Å². The lowest BCUT2D eigenvalue weighted by Crippen LogP contribution is -2.22. The summed E-state index contributed by atoms with van der Waals surface area (Å²) in [7, 11) is 0. The van der Waals surface area contributed by atoms with Gasteiger partial charge in [0.15, 0.2) is 17.3 Å². The predicted octanol–water partition coefficient (Wildman–Crippen LogP) is 1.57. The van der Waals surface area contributed by atoms with E-state index in [1.807, 2.05) is 0 Å². The number of nitrogens with one attached hydrogen (secondary N) is 1. The van der Waals surface area contributed by atoms with Crippen LogP contribution in [0, 0.1) is 11.8 Å². The molecule has 3 heterocycles. The van der Waals surface area contributed by atoms with Crippen LogP contribution in [0.1, 0.15) is 60.8 Å². The first-order valence-corrected chi connectivity index (χ1v) is 7.98. The van der Waals surface area contributed by atoms with Gasteiger partial charge in [0.05, 0.1) is 6.54 Å². The van der Waals surface area contributed by atoms with Gasteiger partial charge in [0, 0.05) is 6.61 Å². The van der Waals surface area contributed by atoms with E-state index in [2.05, 4.69) is 27.3 Å². The smallest absolute Gasteiger partial charge is 0.287 e. The quantitative estimate of drug-likeness (QED) is 0.809. The van der Waals surface area contributed by atoms with Crippen LogP contribution in [-0.2, 0) is 11.3 Å². The van der Waals surface area contributed by atoms with E-state index in [1.54, 1.807) is 19.9 Å². The molecule has 2 aromatic heterocycles. The minimum Gasteiger partial charge on any atom is -0.443 e. The summed E-state index contributed by atoms with van der Waals surface area (Å²) in [6.45, 7) is 3.93. The second-order valence-electron chi connectivity index (χ2n) is 6.21. The van der Waals surface area contributed by atoms with Gasteiger partial charge in [-0.15, -0.1) is 0 Å². The molecule has 1 amide bonds. The lowest BCUT2D eigenvalue weighted by Gasteiger charge is -2.05. The summed E-state index contributed by atoms with van der Waals surface area (Å²) in [4.78, 5) is 16.3. The number of hydrogen-bond acceptors (Lipinski definition) is 7. The predicted molar refractivity (Wildman–Crippen MR) is 85.3 cm³/mol. The Morgan fingerprint density at radius 3 is 3.04 bits per heavy atom. The molecule has 1 saturated heterocycles. The molecule has 0 aliphatic carbocycles. The van der Waals surface area contributed by atoms with Crippen LogP contribution < -0.4 is 5.32 Å². The second-order valence-corrected chi connectivity index (χ2v) is 6.21. The fourth-order valence-electron chi connectivity index (χ4n) is 2.23. The van der Waals surface area contributed by atoms with E-state index in [9.17, 15) is 9.90 Å². The summed E-state index contributed by atoms with van der Waals surface area (Å²) in [6.07, 6.45) is 1.67. The number of hydrogen-bond donors (Lipinski definition) is 2. The molecule has 1 unspecified atom stereocenters. The molecule has 2 aromatic rings. The zero-order valence-corrected chi connectivity index (χ0v) is 14.0. The van der Waals surface area contributed by atoms with E-state index >= 15 is 0 Å². The van der Waals surface area contributed by atoms with Crippen LogP contribution in [0.4, 0.5) is 0 Å². The molecule has 2 N–H and O–H groups in total. The number of aliphatic hydroxyl groups is 1. The average Bonchev–Trinajstić information content (AvgIpc) is 3.30. The Labute approximate surface area is 144 Å². The molecule has 8 nitrogen and oxygen atoms in total. The number of carbonyl (C=O) groups is 1. The molecule has 1 aliphatic heterocycles. The minimum atomic E-state index is -1.13. The van der Waals surface area contributed by atoms with Crippen LogP contribution in [0.25, 0.3) is 0 Å². The maximum Gasteiger partial charge on any atom is 0.287 e. The number of ether oxygens (including phenoxy) is 1. The molecule has 0 radical (unpaired) electrons. The van der Waals surface area contributed by atoms with Crippen LogP contribution in [0.5, 0.6) is 0 Å².